The summed E-state index contributed by atoms with van der Waals surface area (Å²) in [5, 5.41) is 3.52. The minimum atomic E-state index is -0.573. The van der Waals surface area contributed by atoms with Crippen LogP contribution in [0.4, 0.5) is 0 Å². The van der Waals surface area contributed by atoms with Crippen LogP contribution in [0.5, 0.6) is 0 Å². The molecule has 3 heteroatoms. The molecular formula is C17H33NO2. The van der Waals surface area contributed by atoms with Crippen molar-refractivity contribution in [1.82, 2.24) is 5.32 Å². The van der Waals surface area contributed by atoms with Crippen LogP contribution in [0.2, 0.25) is 0 Å². The highest BCUT2D eigenvalue weighted by Crippen LogP contribution is 2.19. The predicted octanol–water partition coefficient (Wildman–Crippen LogP) is 4.20. The van der Waals surface area contributed by atoms with Gasteiger partial charge in [-0.1, -0.05) is 57.8 Å². The summed E-state index contributed by atoms with van der Waals surface area (Å²) in [4.78, 5) is 11.8. The number of esters is 1. The van der Waals surface area contributed by atoms with E-state index in [9.17, 15) is 4.79 Å². The molecule has 0 spiro atoms. The molecule has 0 aromatic carbocycles. The monoisotopic (exact) mass is 283 g/mol. The van der Waals surface area contributed by atoms with Crippen molar-refractivity contribution in [2.24, 2.45) is 0 Å². The Bertz CT molecular complexity index is 264. The maximum absolute atomic E-state index is 11.8. The van der Waals surface area contributed by atoms with Crippen molar-refractivity contribution in [2.45, 2.75) is 96.1 Å². The number of methoxy groups -OCH3 is 1. The summed E-state index contributed by atoms with van der Waals surface area (Å²) in [6, 6.07) is 0.448. The predicted molar refractivity (Wildman–Crippen MR) is 83.8 cm³/mol. The molecule has 0 radical (unpaired) electrons. The van der Waals surface area contributed by atoms with Gasteiger partial charge < -0.3 is 4.74 Å². The second-order valence-corrected chi connectivity index (χ2v) is 6.72. The Labute approximate surface area is 124 Å². The zero-order valence-electron chi connectivity index (χ0n) is 13.7. The van der Waals surface area contributed by atoms with Crippen molar-refractivity contribution >= 4 is 5.97 Å². The molecule has 1 aliphatic carbocycles. The van der Waals surface area contributed by atoms with Gasteiger partial charge in [-0.15, -0.1) is 0 Å². The number of carbonyl (C=O) groups is 1. The van der Waals surface area contributed by atoms with E-state index < -0.39 is 5.54 Å². The van der Waals surface area contributed by atoms with E-state index in [-0.39, 0.29) is 5.97 Å². The van der Waals surface area contributed by atoms with Crippen LogP contribution >= 0.6 is 0 Å². The molecule has 1 N–H and O–H groups in total. The second kappa shape index (κ2) is 9.38. The molecule has 0 aliphatic heterocycles. The minimum absolute atomic E-state index is 0.163. The van der Waals surface area contributed by atoms with E-state index in [0.29, 0.717) is 6.04 Å². The van der Waals surface area contributed by atoms with Crippen molar-refractivity contribution in [1.29, 1.82) is 0 Å². The van der Waals surface area contributed by atoms with Crippen LogP contribution < -0.4 is 5.32 Å². The topological polar surface area (TPSA) is 38.3 Å². The van der Waals surface area contributed by atoms with Gasteiger partial charge in [0, 0.05) is 6.04 Å². The van der Waals surface area contributed by atoms with Crippen LogP contribution in [0.1, 0.15) is 84.5 Å². The van der Waals surface area contributed by atoms with Gasteiger partial charge in [0.15, 0.2) is 0 Å². The number of nitrogens with one attached hydrogen (secondary N) is 1. The Morgan fingerprint density at radius 3 is 1.70 bits per heavy atom. The maximum Gasteiger partial charge on any atom is 0.325 e. The average Bonchev–Trinajstić information content (AvgIpc) is 2.40. The van der Waals surface area contributed by atoms with Crippen LogP contribution in [-0.4, -0.2) is 24.7 Å². The highest BCUT2D eigenvalue weighted by Gasteiger charge is 2.30. The first-order valence-electron chi connectivity index (χ1n) is 8.42. The van der Waals surface area contributed by atoms with Gasteiger partial charge in [-0.3, -0.25) is 10.1 Å². The Kier molecular flexibility index (Phi) is 8.20. The minimum Gasteiger partial charge on any atom is -0.468 e. The molecule has 3 nitrogen and oxygen atoms in total. The van der Waals surface area contributed by atoms with Crippen LogP contribution in [0.25, 0.3) is 0 Å². The molecule has 1 fully saturated rings. The van der Waals surface area contributed by atoms with E-state index in [4.69, 9.17) is 4.74 Å². The van der Waals surface area contributed by atoms with Gasteiger partial charge in [0.25, 0.3) is 0 Å². The SMILES string of the molecule is COC(=O)C(C)(C)NC1CCCCCCCCCCC1. The Hall–Kier alpha value is -0.570. The van der Waals surface area contributed by atoms with Crippen LogP contribution in [0, 0.1) is 0 Å². The Morgan fingerprint density at radius 2 is 1.30 bits per heavy atom. The molecule has 0 saturated heterocycles. The molecule has 0 bridgehead atoms. The number of ether oxygens (including phenoxy) is 1. The summed E-state index contributed by atoms with van der Waals surface area (Å²) < 4.78 is 4.89. The van der Waals surface area contributed by atoms with Crippen LogP contribution in [-0.2, 0) is 9.53 Å². The molecule has 0 heterocycles. The molecular weight excluding hydrogens is 250 g/mol. The lowest BCUT2D eigenvalue weighted by Gasteiger charge is -2.30. The summed E-state index contributed by atoms with van der Waals surface area (Å²) in [7, 11) is 1.47. The smallest absolute Gasteiger partial charge is 0.325 e. The first-order chi connectivity index (χ1) is 9.56. The molecule has 1 saturated carbocycles. The third-order valence-electron chi connectivity index (χ3n) is 4.37. The van der Waals surface area contributed by atoms with E-state index in [2.05, 4.69) is 5.32 Å². The molecule has 0 unspecified atom stereocenters. The third kappa shape index (κ3) is 6.74. The van der Waals surface area contributed by atoms with E-state index in [1.54, 1.807) is 0 Å². The zero-order chi connectivity index (χ0) is 14.8. The van der Waals surface area contributed by atoms with Gasteiger partial charge >= 0.3 is 5.97 Å². The van der Waals surface area contributed by atoms with E-state index in [1.807, 2.05) is 13.8 Å². The number of hydrogen-bond acceptors (Lipinski definition) is 3. The van der Waals surface area contributed by atoms with Crippen molar-refractivity contribution in [3.63, 3.8) is 0 Å². The van der Waals surface area contributed by atoms with E-state index in [0.717, 1.165) is 0 Å². The lowest BCUT2D eigenvalue weighted by molar-refractivity contribution is -0.147. The molecule has 0 aromatic heterocycles. The fourth-order valence-electron chi connectivity index (χ4n) is 3.13. The summed E-state index contributed by atoms with van der Waals surface area (Å²) in [6.45, 7) is 3.85. The normalized spacial score (nSPS) is 20.8. The molecule has 0 amide bonds. The lowest BCUT2D eigenvalue weighted by atomic mass is 9.95. The third-order valence-corrected chi connectivity index (χ3v) is 4.37. The van der Waals surface area contributed by atoms with Gasteiger partial charge in [0.1, 0.15) is 5.54 Å². The summed E-state index contributed by atoms with van der Waals surface area (Å²) >= 11 is 0. The lowest BCUT2D eigenvalue weighted by Crippen LogP contribution is -2.52. The molecule has 1 rings (SSSR count). The van der Waals surface area contributed by atoms with E-state index >= 15 is 0 Å². The number of carbonyl (C=O) groups excluding carboxylic acids is 1. The Balaban J connectivity index is 2.47. The molecule has 118 valence electrons. The van der Waals surface area contributed by atoms with Gasteiger partial charge in [-0.2, -0.15) is 0 Å². The summed E-state index contributed by atoms with van der Waals surface area (Å²) in [5.41, 5.74) is -0.573. The van der Waals surface area contributed by atoms with Crippen LogP contribution in [0.3, 0.4) is 0 Å². The molecule has 1 aliphatic rings. The molecule has 0 atom stereocenters. The van der Waals surface area contributed by atoms with Gasteiger partial charge in [-0.25, -0.2) is 0 Å². The quantitative estimate of drug-likeness (QED) is 0.789. The fraction of sp³-hybridized carbons (Fsp3) is 0.941. The fourth-order valence-corrected chi connectivity index (χ4v) is 3.13. The van der Waals surface area contributed by atoms with Gasteiger partial charge in [0.05, 0.1) is 7.11 Å². The average molecular weight is 283 g/mol. The van der Waals surface area contributed by atoms with Crippen molar-refractivity contribution in [3.8, 4) is 0 Å². The van der Waals surface area contributed by atoms with Crippen LogP contribution in [0.15, 0.2) is 0 Å². The summed E-state index contributed by atoms with van der Waals surface area (Å²) in [5.74, 6) is -0.163. The highest BCUT2D eigenvalue weighted by molar-refractivity contribution is 5.79. The molecule has 0 aromatic rings. The summed E-state index contributed by atoms with van der Waals surface area (Å²) in [6.07, 6.45) is 14.5. The van der Waals surface area contributed by atoms with Crippen molar-refractivity contribution in [3.05, 3.63) is 0 Å². The largest absolute Gasteiger partial charge is 0.468 e. The van der Waals surface area contributed by atoms with Gasteiger partial charge in [-0.05, 0) is 26.7 Å². The zero-order valence-corrected chi connectivity index (χ0v) is 13.7. The highest BCUT2D eigenvalue weighted by atomic mass is 16.5. The van der Waals surface area contributed by atoms with Crippen molar-refractivity contribution < 1.29 is 9.53 Å². The first kappa shape index (κ1) is 17.5. The number of rotatable bonds is 3. The number of hydrogen-bond donors (Lipinski definition) is 1. The van der Waals surface area contributed by atoms with Crippen molar-refractivity contribution in [2.75, 3.05) is 7.11 Å². The van der Waals surface area contributed by atoms with Gasteiger partial charge in [0.2, 0.25) is 0 Å². The Morgan fingerprint density at radius 1 is 0.900 bits per heavy atom. The first-order valence-corrected chi connectivity index (χ1v) is 8.42. The standard InChI is InChI=1S/C17H33NO2/c1-17(2,16(19)20-3)18-15-13-11-9-7-5-4-6-8-10-12-14-15/h15,18H,4-14H2,1-3H3. The molecule has 20 heavy (non-hydrogen) atoms. The maximum atomic E-state index is 11.8. The van der Waals surface area contributed by atoms with E-state index in [1.165, 1.54) is 77.7 Å². The second-order valence-electron chi connectivity index (χ2n) is 6.72.